The Morgan fingerprint density at radius 1 is 1.17 bits per heavy atom. The van der Waals surface area contributed by atoms with Crippen molar-refractivity contribution in [1.29, 1.82) is 0 Å². The molecule has 2 aromatic rings. The van der Waals surface area contributed by atoms with E-state index in [-0.39, 0.29) is 0 Å². The smallest absolute Gasteiger partial charge is 0.165 e. The topological polar surface area (TPSA) is 13.1 Å². The zero-order valence-electron chi connectivity index (χ0n) is 5.77. The first-order valence-corrected chi connectivity index (χ1v) is 5.05. The van der Waals surface area contributed by atoms with Crippen molar-refractivity contribution in [3.63, 3.8) is 0 Å². The molecule has 0 amide bonds. The number of rotatable bonds is 0. The second-order valence-electron chi connectivity index (χ2n) is 2.32. The Morgan fingerprint density at radius 3 is 2.50 bits per heavy atom. The molecule has 1 aromatic carbocycles. The Bertz CT molecular complexity index is 397. The third-order valence-electron chi connectivity index (χ3n) is 1.55. The van der Waals surface area contributed by atoms with E-state index in [4.69, 9.17) is 27.6 Å². The fourth-order valence-electron chi connectivity index (χ4n) is 1.03. The summed E-state index contributed by atoms with van der Waals surface area (Å²) in [6, 6.07) is 5.35. The fraction of sp³-hybridized carbons (Fsp3) is 0. The molecule has 12 heavy (non-hydrogen) atoms. The standard InChI is InChI=1S/C8H3Cl2IO/c9-5-1-2-6(10)8-4(5)3-7(11)12-8/h1-3H. The second kappa shape index (κ2) is 3.09. The van der Waals surface area contributed by atoms with E-state index in [1.54, 1.807) is 12.1 Å². The van der Waals surface area contributed by atoms with Crippen LogP contribution in [-0.4, -0.2) is 0 Å². The van der Waals surface area contributed by atoms with Gasteiger partial charge in [0.15, 0.2) is 9.35 Å². The lowest BCUT2D eigenvalue weighted by Gasteiger charge is -1.93. The summed E-state index contributed by atoms with van der Waals surface area (Å²) in [7, 11) is 0. The number of hydrogen-bond donors (Lipinski definition) is 0. The monoisotopic (exact) mass is 312 g/mol. The van der Waals surface area contributed by atoms with Gasteiger partial charge in [0, 0.05) is 5.39 Å². The number of furan rings is 1. The number of halogens is 3. The van der Waals surface area contributed by atoms with Crippen molar-refractivity contribution < 1.29 is 4.42 Å². The molecule has 0 aliphatic carbocycles. The van der Waals surface area contributed by atoms with Gasteiger partial charge in [0.1, 0.15) is 0 Å². The minimum absolute atomic E-state index is 0.595. The van der Waals surface area contributed by atoms with Crippen LogP contribution < -0.4 is 0 Å². The summed E-state index contributed by atoms with van der Waals surface area (Å²) in [4.78, 5) is 0. The van der Waals surface area contributed by atoms with Crippen molar-refractivity contribution in [3.8, 4) is 0 Å². The first-order chi connectivity index (χ1) is 5.68. The van der Waals surface area contributed by atoms with Crippen LogP contribution in [0.4, 0.5) is 0 Å². The highest BCUT2D eigenvalue weighted by Crippen LogP contribution is 2.32. The summed E-state index contributed by atoms with van der Waals surface area (Å²) >= 11 is 13.9. The van der Waals surface area contributed by atoms with Gasteiger partial charge < -0.3 is 4.42 Å². The van der Waals surface area contributed by atoms with Gasteiger partial charge in [0.05, 0.1) is 10.0 Å². The third-order valence-corrected chi connectivity index (χ3v) is 2.71. The molecular formula is C8H3Cl2IO. The molecule has 2 rings (SSSR count). The van der Waals surface area contributed by atoms with E-state index in [2.05, 4.69) is 22.6 Å². The molecule has 0 saturated heterocycles. The summed E-state index contributed by atoms with van der Waals surface area (Å²) < 4.78 is 6.14. The molecule has 0 bridgehead atoms. The maximum absolute atomic E-state index is 5.92. The maximum atomic E-state index is 5.92. The predicted octanol–water partition coefficient (Wildman–Crippen LogP) is 4.34. The SMILES string of the molecule is Clc1ccc(Cl)c2oc(I)cc12. The Labute approximate surface area is 92.8 Å². The molecule has 0 aliphatic heterocycles. The van der Waals surface area contributed by atoms with Crippen molar-refractivity contribution in [2.24, 2.45) is 0 Å². The lowest BCUT2D eigenvalue weighted by molar-refractivity contribution is 0.584. The summed E-state index contributed by atoms with van der Waals surface area (Å²) in [5.41, 5.74) is 0.661. The van der Waals surface area contributed by atoms with Crippen LogP contribution in [0.5, 0.6) is 0 Å². The molecule has 1 heterocycles. The molecule has 4 heteroatoms. The van der Waals surface area contributed by atoms with Crippen LogP contribution in [0, 0.1) is 3.77 Å². The van der Waals surface area contributed by atoms with E-state index in [1.807, 2.05) is 6.07 Å². The van der Waals surface area contributed by atoms with Gasteiger partial charge in [-0.15, -0.1) is 0 Å². The Morgan fingerprint density at radius 2 is 1.83 bits per heavy atom. The molecular weight excluding hydrogens is 310 g/mol. The highest BCUT2D eigenvalue weighted by Gasteiger charge is 2.08. The zero-order chi connectivity index (χ0) is 8.72. The first kappa shape index (κ1) is 8.66. The maximum Gasteiger partial charge on any atom is 0.165 e. The van der Waals surface area contributed by atoms with Crippen molar-refractivity contribution in [2.45, 2.75) is 0 Å². The molecule has 1 aromatic heterocycles. The summed E-state index contributed by atoms with van der Waals surface area (Å²) in [5.74, 6) is 0. The van der Waals surface area contributed by atoms with E-state index in [0.29, 0.717) is 15.6 Å². The molecule has 0 atom stereocenters. The average Bonchev–Trinajstić information content (AvgIpc) is 2.41. The Hall–Kier alpha value is 0.0700. The molecule has 0 fully saturated rings. The van der Waals surface area contributed by atoms with Crippen molar-refractivity contribution in [3.05, 3.63) is 32.0 Å². The Kier molecular flexibility index (Phi) is 2.23. The van der Waals surface area contributed by atoms with Crippen LogP contribution in [-0.2, 0) is 0 Å². The quantitative estimate of drug-likeness (QED) is 0.659. The fourth-order valence-corrected chi connectivity index (χ4v) is 1.97. The summed E-state index contributed by atoms with van der Waals surface area (Å²) in [5, 5.41) is 2.13. The first-order valence-electron chi connectivity index (χ1n) is 3.21. The Balaban J connectivity index is 2.93. The van der Waals surface area contributed by atoms with E-state index >= 15 is 0 Å². The van der Waals surface area contributed by atoms with Crippen LogP contribution in [0.15, 0.2) is 22.6 Å². The number of benzene rings is 1. The van der Waals surface area contributed by atoms with Gasteiger partial charge in [0.2, 0.25) is 0 Å². The molecule has 0 spiro atoms. The van der Waals surface area contributed by atoms with Gasteiger partial charge in [0.25, 0.3) is 0 Å². The van der Waals surface area contributed by atoms with Gasteiger partial charge >= 0.3 is 0 Å². The lowest BCUT2D eigenvalue weighted by Crippen LogP contribution is -1.67. The van der Waals surface area contributed by atoms with E-state index in [0.717, 1.165) is 9.15 Å². The predicted molar refractivity (Wildman–Crippen MR) is 59.0 cm³/mol. The largest absolute Gasteiger partial charge is 0.449 e. The van der Waals surface area contributed by atoms with Crippen LogP contribution >= 0.6 is 45.8 Å². The molecule has 0 N–H and O–H groups in total. The highest BCUT2D eigenvalue weighted by atomic mass is 127. The van der Waals surface area contributed by atoms with E-state index in [9.17, 15) is 0 Å². The highest BCUT2D eigenvalue weighted by molar-refractivity contribution is 14.1. The average molecular weight is 313 g/mol. The van der Waals surface area contributed by atoms with Crippen LogP contribution in [0.1, 0.15) is 0 Å². The van der Waals surface area contributed by atoms with Gasteiger partial charge in [-0.05, 0) is 40.8 Å². The normalized spacial score (nSPS) is 10.9. The minimum atomic E-state index is 0.595. The zero-order valence-corrected chi connectivity index (χ0v) is 9.44. The third kappa shape index (κ3) is 1.32. The molecule has 0 radical (unpaired) electrons. The second-order valence-corrected chi connectivity index (χ2v) is 4.20. The van der Waals surface area contributed by atoms with Crippen LogP contribution in [0.3, 0.4) is 0 Å². The van der Waals surface area contributed by atoms with E-state index < -0.39 is 0 Å². The molecule has 62 valence electrons. The summed E-state index contributed by atoms with van der Waals surface area (Å²) in [6.45, 7) is 0. The molecule has 0 aliphatic rings. The number of hydrogen-bond acceptors (Lipinski definition) is 1. The van der Waals surface area contributed by atoms with Gasteiger partial charge in [-0.25, -0.2) is 0 Å². The van der Waals surface area contributed by atoms with Crippen LogP contribution in [0.25, 0.3) is 11.0 Å². The molecule has 1 nitrogen and oxygen atoms in total. The minimum Gasteiger partial charge on any atom is -0.449 e. The van der Waals surface area contributed by atoms with Crippen molar-refractivity contribution >= 4 is 56.8 Å². The molecule has 0 saturated carbocycles. The van der Waals surface area contributed by atoms with Gasteiger partial charge in [-0.1, -0.05) is 23.2 Å². The lowest BCUT2D eigenvalue weighted by atomic mass is 10.2. The summed E-state index contributed by atoms with van der Waals surface area (Å²) in [6.07, 6.45) is 0. The van der Waals surface area contributed by atoms with Crippen molar-refractivity contribution in [1.82, 2.24) is 0 Å². The molecule has 0 unspecified atom stereocenters. The van der Waals surface area contributed by atoms with Crippen molar-refractivity contribution in [2.75, 3.05) is 0 Å². The van der Waals surface area contributed by atoms with Gasteiger partial charge in [-0.2, -0.15) is 0 Å². The van der Waals surface area contributed by atoms with E-state index in [1.165, 1.54) is 0 Å². The number of fused-ring (bicyclic) bond motifs is 1. The van der Waals surface area contributed by atoms with Gasteiger partial charge in [-0.3, -0.25) is 0 Å². The van der Waals surface area contributed by atoms with Crippen LogP contribution in [0.2, 0.25) is 10.0 Å².